The average molecular weight is 549 g/mol. The normalized spacial score (nSPS) is 10.8. The third-order valence-corrected chi connectivity index (χ3v) is 5.51. The van der Waals surface area contributed by atoms with E-state index in [-0.39, 0.29) is 18.4 Å². The Hall–Kier alpha value is -3.72. The number of nitrogens with zero attached hydrogens (tertiary/aromatic N) is 1. The molecule has 0 spiro atoms. The van der Waals surface area contributed by atoms with E-state index in [4.69, 9.17) is 4.74 Å². The lowest BCUT2D eigenvalue weighted by Gasteiger charge is -2.08. The van der Waals surface area contributed by atoms with Gasteiger partial charge in [0.15, 0.2) is 6.61 Å². The van der Waals surface area contributed by atoms with E-state index in [0.717, 1.165) is 25.6 Å². The van der Waals surface area contributed by atoms with Crippen LogP contribution >= 0.6 is 22.6 Å². The Morgan fingerprint density at radius 1 is 0.879 bits per heavy atom. The summed E-state index contributed by atoms with van der Waals surface area (Å²) in [6.45, 7) is -0.0967. The average Bonchev–Trinajstić information content (AvgIpc) is 2.84. The fourth-order valence-corrected chi connectivity index (χ4v) is 3.54. The zero-order valence-corrected chi connectivity index (χ0v) is 19.7. The number of fused-ring (bicyclic) bond motifs is 1. The number of halogens is 1. The monoisotopic (exact) mass is 549 g/mol. The molecule has 7 heteroatoms. The lowest BCUT2D eigenvalue weighted by atomic mass is 10.0. The van der Waals surface area contributed by atoms with Crippen LogP contribution in [0, 0.1) is 3.57 Å². The number of ether oxygens (including phenoxy) is 1. The van der Waals surface area contributed by atoms with Gasteiger partial charge in [-0.1, -0.05) is 36.4 Å². The van der Waals surface area contributed by atoms with Gasteiger partial charge in [-0.25, -0.2) is 5.43 Å². The molecule has 0 aliphatic carbocycles. The minimum Gasteiger partial charge on any atom is -0.484 e. The van der Waals surface area contributed by atoms with Gasteiger partial charge >= 0.3 is 0 Å². The summed E-state index contributed by atoms with van der Waals surface area (Å²) in [6.07, 6.45) is 1.55. The Kier molecular flexibility index (Phi) is 7.31. The number of carbonyl (C=O) groups is 2. The van der Waals surface area contributed by atoms with Gasteiger partial charge in [0.25, 0.3) is 11.8 Å². The molecule has 2 N–H and O–H groups in total. The Bertz CT molecular complexity index is 1300. The summed E-state index contributed by atoms with van der Waals surface area (Å²) in [4.78, 5) is 24.6. The van der Waals surface area contributed by atoms with Crippen molar-refractivity contribution in [2.75, 3.05) is 11.9 Å². The first-order valence-corrected chi connectivity index (χ1v) is 11.3. The van der Waals surface area contributed by atoms with Gasteiger partial charge in [-0.05, 0) is 93.5 Å². The van der Waals surface area contributed by atoms with Gasteiger partial charge in [-0.3, -0.25) is 9.59 Å². The van der Waals surface area contributed by atoms with E-state index in [9.17, 15) is 9.59 Å². The van der Waals surface area contributed by atoms with E-state index in [1.165, 1.54) is 0 Å². The molecular weight excluding hydrogens is 529 g/mol. The van der Waals surface area contributed by atoms with Crippen LogP contribution in [0.25, 0.3) is 10.8 Å². The van der Waals surface area contributed by atoms with E-state index < -0.39 is 0 Å². The van der Waals surface area contributed by atoms with Crippen molar-refractivity contribution in [3.8, 4) is 5.75 Å². The molecule has 0 aliphatic rings. The molecule has 0 saturated carbocycles. The summed E-state index contributed by atoms with van der Waals surface area (Å²) >= 11 is 2.21. The number of hydrazone groups is 1. The van der Waals surface area contributed by atoms with Gasteiger partial charge < -0.3 is 10.1 Å². The van der Waals surface area contributed by atoms with Gasteiger partial charge in [0.05, 0.1) is 6.21 Å². The van der Waals surface area contributed by atoms with Crippen molar-refractivity contribution in [1.82, 2.24) is 5.43 Å². The molecule has 0 fully saturated rings. The van der Waals surface area contributed by atoms with E-state index in [1.54, 1.807) is 36.5 Å². The molecule has 4 rings (SSSR count). The van der Waals surface area contributed by atoms with Crippen LogP contribution in [0.2, 0.25) is 0 Å². The molecule has 2 amide bonds. The third kappa shape index (κ3) is 6.17. The molecule has 0 saturated heterocycles. The highest BCUT2D eigenvalue weighted by Gasteiger charge is 2.08. The van der Waals surface area contributed by atoms with Crippen LogP contribution in [-0.2, 0) is 4.79 Å². The second kappa shape index (κ2) is 10.7. The summed E-state index contributed by atoms with van der Waals surface area (Å²) in [5, 5.41) is 8.71. The Morgan fingerprint density at radius 2 is 1.61 bits per heavy atom. The highest BCUT2D eigenvalue weighted by atomic mass is 127. The third-order valence-electron chi connectivity index (χ3n) is 4.79. The molecule has 164 valence electrons. The van der Waals surface area contributed by atoms with Gasteiger partial charge in [0, 0.05) is 14.8 Å². The van der Waals surface area contributed by atoms with Gasteiger partial charge in [-0.2, -0.15) is 5.10 Å². The summed E-state index contributed by atoms with van der Waals surface area (Å²) in [7, 11) is 0. The Balaban J connectivity index is 1.28. The number of nitrogens with one attached hydrogen (secondary N) is 2. The predicted molar refractivity (Wildman–Crippen MR) is 139 cm³/mol. The van der Waals surface area contributed by atoms with E-state index in [0.29, 0.717) is 11.3 Å². The molecule has 0 aromatic heterocycles. The molecule has 0 heterocycles. The molecule has 4 aromatic carbocycles. The van der Waals surface area contributed by atoms with E-state index in [2.05, 4.69) is 38.4 Å². The molecule has 6 nitrogen and oxygen atoms in total. The number of amides is 2. The quantitative estimate of drug-likeness (QED) is 0.188. The fourth-order valence-electron chi connectivity index (χ4n) is 3.18. The summed E-state index contributed by atoms with van der Waals surface area (Å²) in [5.41, 5.74) is 4.64. The van der Waals surface area contributed by atoms with Crippen LogP contribution in [-0.4, -0.2) is 24.6 Å². The first kappa shape index (κ1) is 22.5. The van der Waals surface area contributed by atoms with Crippen molar-refractivity contribution in [3.05, 3.63) is 106 Å². The van der Waals surface area contributed by atoms with Crippen molar-refractivity contribution in [2.45, 2.75) is 0 Å². The maximum atomic E-state index is 12.5. The molecule has 0 atom stereocenters. The van der Waals surface area contributed by atoms with Gasteiger partial charge in [0.2, 0.25) is 0 Å². The Morgan fingerprint density at radius 3 is 2.39 bits per heavy atom. The first-order chi connectivity index (χ1) is 16.1. The van der Waals surface area contributed by atoms with Crippen molar-refractivity contribution >= 4 is 57.1 Å². The Labute approximate surface area is 204 Å². The van der Waals surface area contributed by atoms with Crippen LogP contribution in [0.15, 0.2) is 96.1 Å². The predicted octanol–water partition coefficient (Wildman–Crippen LogP) is 5.23. The van der Waals surface area contributed by atoms with E-state index >= 15 is 0 Å². The number of benzene rings is 4. The largest absolute Gasteiger partial charge is 0.484 e. The molecule has 4 aromatic rings. The minimum absolute atomic E-state index is 0.0967. The topological polar surface area (TPSA) is 79.8 Å². The van der Waals surface area contributed by atoms with Crippen LogP contribution in [0.1, 0.15) is 15.9 Å². The molecule has 0 aliphatic heterocycles. The number of hydrogen-bond acceptors (Lipinski definition) is 4. The second-order valence-electron chi connectivity index (χ2n) is 7.14. The summed E-state index contributed by atoms with van der Waals surface area (Å²) in [6, 6.07) is 27.9. The number of hydrogen-bond donors (Lipinski definition) is 2. The molecule has 0 radical (unpaired) electrons. The van der Waals surface area contributed by atoms with Gasteiger partial charge in [0.1, 0.15) is 5.75 Å². The van der Waals surface area contributed by atoms with Crippen LogP contribution in [0.4, 0.5) is 5.69 Å². The van der Waals surface area contributed by atoms with Crippen LogP contribution in [0.5, 0.6) is 5.75 Å². The van der Waals surface area contributed by atoms with Gasteiger partial charge in [-0.15, -0.1) is 0 Å². The lowest BCUT2D eigenvalue weighted by Crippen LogP contribution is -2.20. The smallest absolute Gasteiger partial charge is 0.271 e. The SMILES string of the molecule is O=C(COc1ccc(/C=N\NC(=O)c2cccc3ccccc23)cc1)Nc1ccc(I)cc1. The summed E-state index contributed by atoms with van der Waals surface area (Å²) in [5.74, 6) is 0.0461. The minimum atomic E-state index is -0.276. The molecule has 0 bridgehead atoms. The highest BCUT2D eigenvalue weighted by molar-refractivity contribution is 14.1. The van der Waals surface area contributed by atoms with Crippen LogP contribution < -0.4 is 15.5 Å². The van der Waals surface area contributed by atoms with Crippen molar-refractivity contribution < 1.29 is 14.3 Å². The molecule has 0 unspecified atom stereocenters. The van der Waals surface area contributed by atoms with E-state index in [1.807, 2.05) is 60.7 Å². The number of rotatable bonds is 7. The second-order valence-corrected chi connectivity index (χ2v) is 8.38. The number of anilines is 1. The van der Waals surface area contributed by atoms with Crippen molar-refractivity contribution in [1.29, 1.82) is 0 Å². The maximum absolute atomic E-state index is 12.5. The molecule has 33 heavy (non-hydrogen) atoms. The lowest BCUT2D eigenvalue weighted by molar-refractivity contribution is -0.118. The highest BCUT2D eigenvalue weighted by Crippen LogP contribution is 2.18. The fraction of sp³-hybridized carbons (Fsp3) is 0.0385. The zero-order chi connectivity index (χ0) is 23.0. The zero-order valence-electron chi connectivity index (χ0n) is 17.5. The molecular formula is C26H20IN3O3. The number of carbonyl (C=O) groups excluding carboxylic acids is 2. The maximum Gasteiger partial charge on any atom is 0.271 e. The summed E-state index contributed by atoms with van der Waals surface area (Å²) < 4.78 is 6.63. The standard InChI is InChI=1S/C26H20IN3O3/c27-20-10-12-21(13-11-20)29-25(31)17-33-22-14-8-18(9-15-22)16-28-30-26(32)24-7-3-5-19-4-1-2-6-23(19)24/h1-16H,17H2,(H,29,31)(H,30,32)/b28-16-. The van der Waals surface area contributed by atoms with Crippen LogP contribution in [0.3, 0.4) is 0 Å². The van der Waals surface area contributed by atoms with Crippen molar-refractivity contribution in [2.24, 2.45) is 5.10 Å². The van der Waals surface area contributed by atoms with Crippen molar-refractivity contribution in [3.63, 3.8) is 0 Å². The first-order valence-electron chi connectivity index (χ1n) is 10.2.